The highest BCUT2D eigenvalue weighted by atomic mass is 31.2. The van der Waals surface area contributed by atoms with Crippen molar-refractivity contribution in [3.63, 3.8) is 0 Å². The number of aromatic amines is 1. The molecule has 0 saturated carbocycles. The fourth-order valence-corrected chi connectivity index (χ4v) is 2.84. The average molecular weight is 362 g/mol. The van der Waals surface area contributed by atoms with E-state index in [1.807, 2.05) is 0 Å². The first kappa shape index (κ1) is 17.0. The lowest BCUT2D eigenvalue weighted by Crippen LogP contribution is -2.33. The molecule has 13 heteroatoms. The van der Waals surface area contributed by atoms with Crippen molar-refractivity contribution in [1.82, 2.24) is 19.1 Å². The van der Waals surface area contributed by atoms with Gasteiger partial charge in [-0.1, -0.05) is 0 Å². The molecule has 1 aliphatic heterocycles. The molecule has 0 unspecified atom stereocenters. The largest absolute Gasteiger partial charge is 0.469 e. The Kier molecular flexibility index (Phi) is 4.20. The number of ether oxygens (including phenoxy) is 1. The van der Waals surface area contributed by atoms with Crippen LogP contribution in [-0.2, 0) is 20.9 Å². The highest BCUT2D eigenvalue weighted by Crippen LogP contribution is 2.38. The van der Waals surface area contributed by atoms with Crippen LogP contribution in [0.5, 0.6) is 0 Å². The van der Waals surface area contributed by atoms with Crippen molar-refractivity contribution in [2.75, 3.05) is 6.61 Å². The maximum absolute atomic E-state index is 12.0. The summed E-state index contributed by atoms with van der Waals surface area (Å²) in [5.41, 5.74) is -1.04. The van der Waals surface area contributed by atoms with E-state index in [4.69, 9.17) is 14.5 Å². The molecule has 132 valence electrons. The summed E-state index contributed by atoms with van der Waals surface area (Å²) in [6, 6.07) is 0. The van der Waals surface area contributed by atoms with Crippen LogP contribution >= 0.6 is 7.82 Å². The standard InChI is InChI=1S/C11H15N4O8P/c1-14-10(17)8-9(13-11(14)18)15(4-12-8)7-2-5(16)6(23-7)3-22-24(19,20)21/h4-7,16H,2-3H2,1H3,(H,13,18)(H2,19,20,21)/t5-,6+,7+/m0/s1. The number of rotatable bonds is 4. The molecular formula is C11H15N4O8P. The van der Waals surface area contributed by atoms with Gasteiger partial charge in [0.1, 0.15) is 18.0 Å². The van der Waals surface area contributed by atoms with Gasteiger partial charge < -0.3 is 19.6 Å². The van der Waals surface area contributed by atoms with Gasteiger partial charge in [-0.15, -0.1) is 0 Å². The molecule has 0 aromatic carbocycles. The Labute approximate surface area is 133 Å². The first-order chi connectivity index (χ1) is 11.2. The van der Waals surface area contributed by atoms with Crippen LogP contribution in [0.3, 0.4) is 0 Å². The van der Waals surface area contributed by atoms with Gasteiger partial charge in [0, 0.05) is 13.5 Å². The Bertz CT molecular complexity index is 926. The van der Waals surface area contributed by atoms with Crippen LogP contribution in [0.25, 0.3) is 11.2 Å². The summed E-state index contributed by atoms with van der Waals surface area (Å²) >= 11 is 0. The minimum absolute atomic E-state index is 0.0325. The van der Waals surface area contributed by atoms with E-state index < -0.39 is 44.1 Å². The quantitative estimate of drug-likeness (QED) is 0.457. The summed E-state index contributed by atoms with van der Waals surface area (Å²) in [5, 5.41) is 9.95. The Balaban J connectivity index is 1.88. The third-order valence-electron chi connectivity index (χ3n) is 3.75. The second-order valence-corrected chi connectivity index (χ2v) is 6.60. The summed E-state index contributed by atoms with van der Waals surface area (Å²) < 4.78 is 22.8. The van der Waals surface area contributed by atoms with Gasteiger partial charge in [-0.25, -0.2) is 14.3 Å². The van der Waals surface area contributed by atoms with Crippen molar-refractivity contribution < 1.29 is 28.7 Å². The van der Waals surface area contributed by atoms with Crippen LogP contribution in [0, 0.1) is 0 Å². The topological polar surface area (TPSA) is 169 Å². The van der Waals surface area contributed by atoms with Crippen molar-refractivity contribution in [3.05, 3.63) is 27.2 Å². The fraction of sp³-hybridized carbons (Fsp3) is 0.545. The van der Waals surface area contributed by atoms with E-state index in [9.17, 15) is 19.3 Å². The summed E-state index contributed by atoms with van der Waals surface area (Å²) in [7, 11) is -3.37. The minimum atomic E-state index is -4.68. The van der Waals surface area contributed by atoms with Crippen molar-refractivity contribution in [1.29, 1.82) is 0 Å². The number of aliphatic hydroxyl groups excluding tert-OH is 1. The van der Waals surface area contributed by atoms with Gasteiger partial charge in [0.05, 0.1) is 19.0 Å². The molecule has 2 aromatic rings. The summed E-state index contributed by atoms with van der Waals surface area (Å²) in [6.07, 6.45) is -1.45. The maximum atomic E-state index is 12.0. The number of nitrogens with zero attached hydrogens (tertiary/aromatic N) is 3. The molecular weight excluding hydrogens is 347 g/mol. The van der Waals surface area contributed by atoms with Gasteiger partial charge >= 0.3 is 13.5 Å². The lowest BCUT2D eigenvalue weighted by atomic mass is 10.2. The molecule has 0 amide bonds. The van der Waals surface area contributed by atoms with Gasteiger partial charge in [-0.2, -0.15) is 0 Å². The number of phosphoric acid groups is 1. The Morgan fingerprint density at radius 2 is 2.21 bits per heavy atom. The molecule has 0 aliphatic carbocycles. The zero-order chi connectivity index (χ0) is 17.6. The highest BCUT2D eigenvalue weighted by Gasteiger charge is 2.37. The van der Waals surface area contributed by atoms with Gasteiger partial charge in [0.2, 0.25) is 0 Å². The minimum Gasteiger partial charge on any atom is -0.390 e. The smallest absolute Gasteiger partial charge is 0.390 e. The highest BCUT2D eigenvalue weighted by molar-refractivity contribution is 7.46. The van der Waals surface area contributed by atoms with Crippen LogP contribution in [0.4, 0.5) is 0 Å². The molecule has 0 bridgehead atoms. The Hall–Kier alpha value is -1.82. The molecule has 3 atom stereocenters. The van der Waals surface area contributed by atoms with E-state index in [1.54, 1.807) is 0 Å². The van der Waals surface area contributed by atoms with Crippen molar-refractivity contribution >= 4 is 19.0 Å². The predicted octanol–water partition coefficient (Wildman–Crippen LogP) is -1.82. The van der Waals surface area contributed by atoms with Gasteiger partial charge in [0.15, 0.2) is 5.52 Å². The Morgan fingerprint density at radius 1 is 1.50 bits per heavy atom. The lowest BCUT2D eigenvalue weighted by molar-refractivity contribution is -0.0424. The number of aliphatic hydroxyl groups is 1. The average Bonchev–Trinajstić information content (AvgIpc) is 3.05. The molecule has 3 heterocycles. The number of hydrogen-bond donors (Lipinski definition) is 4. The molecule has 24 heavy (non-hydrogen) atoms. The zero-order valence-corrected chi connectivity index (χ0v) is 13.3. The van der Waals surface area contributed by atoms with E-state index in [2.05, 4.69) is 14.5 Å². The fourth-order valence-electron chi connectivity index (χ4n) is 2.50. The molecule has 4 N–H and O–H groups in total. The van der Waals surface area contributed by atoms with Gasteiger partial charge in [-0.05, 0) is 0 Å². The van der Waals surface area contributed by atoms with Crippen molar-refractivity contribution in [2.24, 2.45) is 7.05 Å². The third-order valence-corrected chi connectivity index (χ3v) is 4.24. The molecule has 1 aliphatic rings. The monoisotopic (exact) mass is 362 g/mol. The van der Waals surface area contributed by atoms with E-state index in [-0.39, 0.29) is 17.6 Å². The van der Waals surface area contributed by atoms with Crippen LogP contribution in [0.15, 0.2) is 15.9 Å². The number of imidazole rings is 1. The maximum Gasteiger partial charge on any atom is 0.469 e. The molecule has 1 fully saturated rings. The third kappa shape index (κ3) is 3.07. The van der Waals surface area contributed by atoms with Crippen molar-refractivity contribution in [3.8, 4) is 0 Å². The molecule has 2 aromatic heterocycles. The van der Waals surface area contributed by atoms with Crippen molar-refractivity contribution in [2.45, 2.75) is 24.9 Å². The van der Waals surface area contributed by atoms with E-state index in [1.165, 1.54) is 17.9 Å². The van der Waals surface area contributed by atoms with Gasteiger partial charge in [0.25, 0.3) is 5.56 Å². The molecule has 1 saturated heterocycles. The summed E-state index contributed by atoms with van der Waals surface area (Å²) in [4.78, 5) is 47.6. The van der Waals surface area contributed by atoms with Crippen LogP contribution < -0.4 is 11.2 Å². The van der Waals surface area contributed by atoms with Gasteiger partial charge in [-0.3, -0.25) is 23.4 Å². The summed E-state index contributed by atoms with van der Waals surface area (Å²) in [5.74, 6) is 0. The molecule has 0 spiro atoms. The van der Waals surface area contributed by atoms with Crippen LogP contribution in [0.1, 0.15) is 12.6 Å². The van der Waals surface area contributed by atoms with E-state index in [0.29, 0.717) is 0 Å². The number of phosphoric ester groups is 1. The van der Waals surface area contributed by atoms with Crippen LogP contribution in [0.2, 0.25) is 0 Å². The predicted molar refractivity (Wildman–Crippen MR) is 78.1 cm³/mol. The number of aromatic nitrogens is 4. The van der Waals surface area contributed by atoms with E-state index in [0.717, 1.165) is 4.57 Å². The van der Waals surface area contributed by atoms with Crippen LogP contribution in [-0.4, -0.2) is 52.8 Å². The second-order valence-electron chi connectivity index (χ2n) is 5.36. The lowest BCUT2D eigenvalue weighted by Gasteiger charge is -2.16. The summed E-state index contributed by atoms with van der Waals surface area (Å²) in [6.45, 7) is -0.507. The number of H-pyrrole nitrogens is 1. The second kappa shape index (κ2) is 5.92. The Morgan fingerprint density at radius 3 is 2.88 bits per heavy atom. The number of fused-ring (bicyclic) bond motifs is 1. The first-order valence-electron chi connectivity index (χ1n) is 6.87. The van der Waals surface area contributed by atoms with E-state index >= 15 is 0 Å². The first-order valence-corrected chi connectivity index (χ1v) is 8.40. The number of hydrogen-bond acceptors (Lipinski definition) is 7. The SMILES string of the molecule is Cn1c(=O)[nH]c2c(ncn2[C@H]2C[C@H](O)[C@@H](COP(=O)(O)O)O2)c1=O. The molecule has 3 rings (SSSR count). The number of nitrogens with one attached hydrogen (secondary N) is 1. The normalized spacial score (nSPS) is 24.8. The molecule has 12 nitrogen and oxygen atoms in total. The zero-order valence-electron chi connectivity index (χ0n) is 12.4. The molecule has 0 radical (unpaired) electrons.